The van der Waals surface area contributed by atoms with Gasteiger partial charge in [0.15, 0.2) is 5.78 Å². The summed E-state index contributed by atoms with van der Waals surface area (Å²) in [5.74, 6) is -0.661. The van der Waals surface area contributed by atoms with Gasteiger partial charge in [-0.15, -0.1) is 0 Å². The summed E-state index contributed by atoms with van der Waals surface area (Å²) in [6, 6.07) is 3.42. The molecule has 2 heterocycles. The molecule has 1 fully saturated rings. The number of aromatic nitrogens is 1. The molecule has 0 saturated carbocycles. The van der Waals surface area contributed by atoms with Crippen molar-refractivity contribution in [3.8, 4) is 0 Å². The maximum atomic E-state index is 11.5. The number of pyridine rings is 1. The molecule has 5 heteroatoms. The average Bonchev–Trinajstić information content (AvgIpc) is 2.82. The van der Waals surface area contributed by atoms with Crippen LogP contribution in [0.15, 0.2) is 18.3 Å². The van der Waals surface area contributed by atoms with Gasteiger partial charge in [0.1, 0.15) is 12.2 Å². The first-order valence-corrected chi connectivity index (χ1v) is 5.63. The SMILES string of the molecule is O=C(O)CC(=O)c1ccc(N2CCCC2)nc1. The van der Waals surface area contributed by atoms with E-state index in [4.69, 9.17) is 5.11 Å². The Balaban J connectivity index is 2.06. The molecule has 1 aliphatic rings. The van der Waals surface area contributed by atoms with Crippen LogP contribution in [0.5, 0.6) is 0 Å². The van der Waals surface area contributed by atoms with Crippen molar-refractivity contribution in [3.05, 3.63) is 23.9 Å². The summed E-state index contributed by atoms with van der Waals surface area (Å²) >= 11 is 0. The van der Waals surface area contributed by atoms with E-state index in [0.717, 1.165) is 18.9 Å². The number of anilines is 1. The van der Waals surface area contributed by atoms with Crippen LogP contribution >= 0.6 is 0 Å². The van der Waals surface area contributed by atoms with Crippen LogP contribution in [-0.2, 0) is 4.79 Å². The molecule has 1 aromatic rings. The molecule has 5 nitrogen and oxygen atoms in total. The summed E-state index contributed by atoms with van der Waals surface area (Å²) in [5, 5.41) is 8.52. The lowest BCUT2D eigenvalue weighted by Gasteiger charge is -2.15. The molecule has 0 aromatic carbocycles. The van der Waals surface area contributed by atoms with Crippen LogP contribution in [0.2, 0.25) is 0 Å². The fourth-order valence-electron chi connectivity index (χ4n) is 1.92. The highest BCUT2D eigenvalue weighted by Gasteiger charge is 2.15. The quantitative estimate of drug-likeness (QED) is 0.628. The number of hydrogen-bond acceptors (Lipinski definition) is 4. The van der Waals surface area contributed by atoms with Gasteiger partial charge in [0.2, 0.25) is 0 Å². The van der Waals surface area contributed by atoms with Gasteiger partial charge in [0, 0.05) is 24.8 Å². The van der Waals surface area contributed by atoms with E-state index in [0.29, 0.717) is 5.56 Å². The molecule has 1 aromatic heterocycles. The molecule has 0 amide bonds. The number of ketones is 1. The molecule has 2 rings (SSSR count). The highest BCUT2D eigenvalue weighted by atomic mass is 16.4. The lowest BCUT2D eigenvalue weighted by Crippen LogP contribution is -2.19. The Morgan fingerprint density at radius 1 is 1.29 bits per heavy atom. The molecule has 90 valence electrons. The Bertz CT molecular complexity index is 422. The zero-order valence-corrected chi connectivity index (χ0v) is 9.43. The molecule has 0 spiro atoms. The molecule has 1 aliphatic heterocycles. The maximum absolute atomic E-state index is 11.5. The smallest absolute Gasteiger partial charge is 0.311 e. The Morgan fingerprint density at radius 2 is 2.00 bits per heavy atom. The second-order valence-corrected chi connectivity index (χ2v) is 4.09. The molecule has 0 aliphatic carbocycles. The minimum atomic E-state index is -1.11. The number of hydrogen-bond donors (Lipinski definition) is 1. The Morgan fingerprint density at radius 3 is 2.53 bits per heavy atom. The highest BCUT2D eigenvalue weighted by Crippen LogP contribution is 2.17. The fourth-order valence-corrected chi connectivity index (χ4v) is 1.92. The van der Waals surface area contributed by atoms with Crippen molar-refractivity contribution in [1.29, 1.82) is 0 Å². The van der Waals surface area contributed by atoms with E-state index in [1.54, 1.807) is 12.1 Å². The minimum Gasteiger partial charge on any atom is -0.481 e. The zero-order valence-electron chi connectivity index (χ0n) is 9.43. The number of aliphatic carboxylic acids is 1. The van der Waals surface area contributed by atoms with Crippen LogP contribution in [0.3, 0.4) is 0 Å². The van der Waals surface area contributed by atoms with E-state index < -0.39 is 18.2 Å². The standard InChI is InChI=1S/C12H14N2O3/c15-10(7-12(16)17)9-3-4-11(13-8-9)14-5-1-2-6-14/h3-4,8H,1-2,5-7H2,(H,16,17). The summed E-state index contributed by atoms with van der Waals surface area (Å²) in [7, 11) is 0. The van der Waals surface area contributed by atoms with Crippen molar-refractivity contribution in [2.45, 2.75) is 19.3 Å². The number of Topliss-reactive ketones (excluding diaryl/α,β-unsaturated/α-hetero) is 1. The van der Waals surface area contributed by atoms with E-state index >= 15 is 0 Å². The van der Waals surface area contributed by atoms with Gasteiger partial charge in [0.05, 0.1) is 0 Å². The van der Waals surface area contributed by atoms with Crippen molar-refractivity contribution in [2.24, 2.45) is 0 Å². The predicted molar refractivity (Wildman–Crippen MR) is 62.3 cm³/mol. The van der Waals surface area contributed by atoms with E-state index in [1.165, 1.54) is 19.0 Å². The van der Waals surface area contributed by atoms with E-state index in [-0.39, 0.29) is 0 Å². The van der Waals surface area contributed by atoms with Crippen LogP contribution in [-0.4, -0.2) is 34.9 Å². The largest absolute Gasteiger partial charge is 0.481 e. The van der Waals surface area contributed by atoms with Crippen molar-refractivity contribution in [1.82, 2.24) is 4.98 Å². The fraction of sp³-hybridized carbons (Fsp3) is 0.417. The van der Waals surface area contributed by atoms with Crippen LogP contribution in [0.4, 0.5) is 5.82 Å². The van der Waals surface area contributed by atoms with Gasteiger partial charge in [-0.2, -0.15) is 0 Å². The zero-order chi connectivity index (χ0) is 12.3. The summed E-state index contributed by atoms with van der Waals surface area (Å²) in [6.07, 6.45) is 3.31. The summed E-state index contributed by atoms with van der Waals surface area (Å²) < 4.78 is 0. The van der Waals surface area contributed by atoms with E-state index in [1.807, 2.05) is 0 Å². The second kappa shape index (κ2) is 4.95. The van der Waals surface area contributed by atoms with Crippen LogP contribution in [0, 0.1) is 0 Å². The highest BCUT2D eigenvalue weighted by molar-refractivity contribution is 6.05. The summed E-state index contributed by atoms with van der Waals surface area (Å²) in [4.78, 5) is 28.2. The van der Waals surface area contributed by atoms with Crippen LogP contribution < -0.4 is 4.90 Å². The van der Waals surface area contributed by atoms with Gasteiger partial charge in [-0.3, -0.25) is 9.59 Å². The second-order valence-electron chi connectivity index (χ2n) is 4.09. The van der Waals surface area contributed by atoms with Crippen LogP contribution in [0.1, 0.15) is 29.6 Å². The van der Waals surface area contributed by atoms with Crippen LogP contribution in [0.25, 0.3) is 0 Å². The summed E-state index contributed by atoms with van der Waals surface area (Å²) in [6.45, 7) is 1.99. The third-order valence-electron chi connectivity index (χ3n) is 2.81. The molecule has 1 N–H and O–H groups in total. The molecule has 0 atom stereocenters. The van der Waals surface area contributed by atoms with Gasteiger partial charge in [-0.05, 0) is 25.0 Å². The van der Waals surface area contributed by atoms with Crippen molar-refractivity contribution < 1.29 is 14.7 Å². The van der Waals surface area contributed by atoms with Gasteiger partial charge >= 0.3 is 5.97 Å². The first-order chi connectivity index (χ1) is 8.16. The Hall–Kier alpha value is -1.91. The average molecular weight is 234 g/mol. The van der Waals surface area contributed by atoms with Gasteiger partial charge < -0.3 is 10.0 Å². The molecule has 0 bridgehead atoms. The predicted octanol–water partition coefficient (Wildman–Crippen LogP) is 1.34. The number of carboxylic acids is 1. The monoisotopic (exact) mass is 234 g/mol. The number of nitrogens with zero attached hydrogens (tertiary/aromatic N) is 2. The van der Waals surface area contributed by atoms with Gasteiger partial charge in [-0.1, -0.05) is 0 Å². The van der Waals surface area contributed by atoms with Gasteiger partial charge in [0.25, 0.3) is 0 Å². The Labute approximate surface area is 99.1 Å². The number of carbonyl (C=O) groups is 2. The molecular formula is C12H14N2O3. The molecule has 17 heavy (non-hydrogen) atoms. The third kappa shape index (κ3) is 2.81. The van der Waals surface area contributed by atoms with E-state index in [2.05, 4.69) is 9.88 Å². The Kier molecular flexibility index (Phi) is 3.37. The minimum absolute atomic E-state index is 0.357. The van der Waals surface area contributed by atoms with Gasteiger partial charge in [-0.25, -0.2) is 4.98 Å². The third-order valence-corrected chi connectivity index (χ3v) is 2.81. The molecule has 0 radical (unpaired) electrons. The van der Waals surface area contributed by atoms with Crippen molar-refractivity contribution in [3.63, 3.8) is 0 Å². The molecule has 0 unspecified atom stereocenters. The molecular weight excluding hydrogens is 220 g/mol. The van der Waals surface area contributed by atoms with Crippen molar-refractivity contribution >= 4 is 17.6 Å². The summed E-state index contributed by atoms with van der Waals surface area (Å²) in [5.41, 5.74) is 0.357. The number of rotatable bonds is 4. The first kappa shape index (κ1) is 11.6. The lowest BCUT2D eigenvalue weighted by molar-refractivity contribution is -0.135. The number of carboxylic acid groups (broad SMARTS) is 1. The van der Waals surface area contributed by atoms with Crippen molar-refractivity contribution in [2.75, 3.05) is 18.0 Å². The van der Waals surface area contributed by atoms with E-state index in [9.17, 15) is 9.59 Å². The molecule has 1 saturated heterocycles. The number of carbonyl (C=O) groups excluding carboxylic acids is 1. The lowest BCUT2D eigenvalue weighted by atomic mass is 10.1. The topological polar surface area (TPSA) is 70.5 Å². The first-order valence-electron chi connectivity index (χ1n) is 5.63. The normalized spacial score (nSPS) is 14.9. The maximum Gasteiger partial charge on any atom is 0.311 e.